The summed E-state index contributed by atoms with van der Waals surface area (Å²) in [6.07, 6.45) is 0. The van der Waals surface area contributed by atoms with Crippen molar-refractivity contribution in [3.63, 3.8) is 0 Å². The Kier molecular flexibility index (Phi) is 5.04. The van der Waals surface area contributed by atoms with Gasteiger partial charge in [-0.2, -0.15) is 0 Å². The van der Waals surface area contributed by atoms with E-state index in [1.165, 1.54) is 12.1 Å². The summed E-state index contributed by atoms with van der Waals surface area (Å²) in [5.74, 6) is -0.142. The summed E-state index contributed by atoms with van der Waals surface area (Å²) in [6.45, 7) is 1.77. The summed E-state index contributed by atoms with van der Waals surface area (Å²) in [7, 11) is 1.57. The second-order valence-corrected chi connectivity index (χ2v) is 5.84. The number of ether oxygens (including phenoxy) is 1. The highest BCUT2D eigenvalue weighted by molar-refractivity contribution is 7.80. The predicted molar refractivity (Wildman–Crippen MR) is 101 cm³/mol. The summed E-state index contributed by atoms with van der Waals surface area (Å²) in [5, 5.41) is 3.48. The minimum Gasteiger partial charge on any atom is -0.497 e. The second kappa shape index (κ2) is 7.40. The number of thiocarbonyl (C=S) groups is 1. The van der Waals surface area contributed by atoms with Crippen LogP contribution in [0.1, 0.15) is 16.1 Å². The molecule has 0 aliphatic carbocycles. The molecule has 0 radical (unpaired) electrons. The van der Waals surface area contributed by atoms with Gasteiger partial charge in [-0.05, 0) is 49.5 Å². The summed E-state index contributed by atoms with van der Waals surface area (Å²) < 4.78 is 24.4. The minimum absolute atomic E-state index is 0.0406. The van der Waals surface area contributed by atoms with Crippen LogP contribution in [-0.4, -0.2) is 18.1 Å². The zero-order valence-corrected chi connectivity index (χ0v) is 14.9. The number of amides is 1. The smallest absolute Gasteiger partial charge is 0.305 e. The Balaban J connectivity index is 1.68. The molecule has 1 amide bonds. The number of carbonyl (C=O) groups excluding carboxylic acids is 1. The molecule has 0 spiro atoms. The predicted octanol–water partition coefficient (Wildman–Crippen LogP) is 3.52. The summed E-state index contributed by atoms with van der Waals surface area (Å²) in [5.41, 5.74) is 6.39. The molecule has 0 saturated heterocycles. The Labute approximate surface area is 154 Å². The maximum atomic E-state index is 13.6. The zero-order chi connectivity index (χ0) is 18.7. The lowest BCUT2D eigenvalue weighted by Gasteiger charge is -2.11. The number of halogens is 1. The monoisotopic (exact) mass is 373 g/mol. The van der Waals surface area contributed by atoms with Crippen LogP contribution >= 0.6 is 12.2 Å². The Morgan fingerprint density at radius 2 is 1.96 bits per heavy atom. The van der Waals surface area contributed by atoms with Crippen molar-refractivity contribution in [3.8, 4) is 5.75 Å². The topological polar surface area (TPSA) is 75.5 Å². The molecule has 0 bridgehead atoms. The fraction of sp³-hybridized carbons (Fsp3) is 0.111. The summed E-state index contributed by atoms with van der Waals surface area (Å²) >= 11 is 5.04. The van der Waals surface area contributed by atoms with Crippen LogP contribution in [0, 0.1) is 12.7 Å². The van der Waals surface area contributed by atoms with E-state index in [-0.39, 0.29) is 16.6 Å². The van der Waals surface area contributed by atoms with Crippen LogP contribution in [-0.2, 0) is 0 Å². The third-order valence-corrected chi connectivity index (χ3v) is 3.97. The van der Waals surface area contributed by atoms with Crippen LogP contribution in [0.2, 0.25) is 0 Å². The van der Waals surface area contributed by atoms with Crippen molar-refractivity contribution < 1.29 is 18.3 Å². The molecular weight excluding hydrogens is 357 g/mol. The van der Waals surface area contributed by atoms with Gasteiger partial charge in [-0.25, -0.2) is 4.39 Å². The molecule has 0 aliphatic rings. The van der Waals surface area contributed by atoms with Gasteiger partial charge in [-0.15, -0.1) is 0 Å². The Morgan fingerprint density at radius 3 is 2.69 bits per heavy atom. The Morgan fingerprint density at radius 1 is 1.19 bits per heavy atom. The van der Waals surface area contributed by atoms with Gasteiger partial charge >= 0.3 is 5.91 Å². The van der Waals surface area contributed by atoms with E-state index < -0.39 is 11.7 Å². The molecule has 0 atom stereocenters. The maximum absolute atomic E-state index is 13.6. The molecule has 1 heterocycles. The van der Waals surface area contributed by atoms with Gasteiger partial charge in [0.2, 0.25) is 0 Å². The van der Waals surface area contributed by atoms with E-state index in [4.69, 9.17) is 21.4 Å². The first kappa shape index (κ1) is 17.7. The fourth-order valence-electron chi connectivity index (χ4n) is 2.43. The van der Waals surface area contributed by atoms with Crippen molar-refractivity contribution in [3.05, 3.63) is 59.6 Å². The first-order chi connectivity index (χ1) is 12.5. The van der Waals surface area contributed by atoms with E-state index in [9.17, 15) is 9.18 Å². The van der Waals surface area contributed by atoms with Crippen LogP contribution in [0.15, 0.2) is 46.9 Å². The lowest BCUT2D eigenvalue weighted by molar-refractivity contribution is 0.0917. The van der Waals surface area contributed by atoms with Crippen molar-refractivity contribution in [1.82, 2.24) is 10.9 Å². The number of anilines is 1. The Bertz CT molecular complexity index is 987. The van der Waals surface area contributed by atoms with Gasteiger partial charge in [0.25, 0.3) is 0 Å². The third kappa shape index (κ3) is 3.60. The molecule has 3 aromatic rings. The van der Waals surface area contributed by atoms with Crippen LogP contribution < -0.4 is 20.9 Å². The van der Waals surface area contributed by atoms with Gasteiger partial charge in [0.05, 0.1) is 12.8 Å². The SMILES string of the molecule is COc1ccc2oc(C(=O)NNC(=S)Nc3ccccc3F)c(C)c2c1. The number of hydrogen-bond donors (Lipinski definition) is 3. The normalized spacial score (nSPS) is 10.4. The molecular formula is C18H16FN3O3S. The molecule has 3 rings (SSSR count). The number of fused-ring (bicyclic) bond motifs is 1. The van der Waals surface area contributed by atoms with E-state index in [0.29, 0.717) is 16.9 Å². The van der Waals surface area contributed by atoms with Gasteiger partial charge in [0, 0.05) is 10.9 Å². The highest BCUT2D eigenvalue weighted by Gasteiger charge is 2.18. The molecule has 0 unspecified atom stereocenters. The van der Waals surface area contributed by atoms with Crippen molar-refractivity contribution >= 4 is 39.9 Å². The maximum Gasteiger partial charge on any atom is 0.305 e. The van der Waals surface area contributed by atoms with Gasteiger partial charge in [-0.1, -0.05) is 12.1 Å². The quantitative estimate of drug-likeness (QED) is 0.482. The van der Waals surface area contributed by atoms with E-state index >= 15 is 0 Å². The molecule has 8 heteroatoms. The van der Waals surface area contributed by atoms with Crippen LogP contribution in [0.25, 0.3) is 11.0 Å². The third-order valence-electron chi connectivity index (χ3n) is 3.76. The highest BCUT2D eigenvalue weighted by atomic mass is 32.1. The lowest BCUT2D eigenvalue weighted by Crippen LogP contribution is -2.43. The van der Waals surface area contributed by atoms with Gasteiger partial charge in [-0.3, -0.25) is 15.6 Å². The van der Waals surface area contributed by atoms with Crippen molar-refractivity contribution in [2.45, 2.75) is 6.92 Å². The molecule has 6 nitrogen and oxygen atoms in total. The van der Waals surface area contributed by atoms with Gasteiger partial charge in [0.15, 0.2) is 10.9 Å². The summed E-state index contributed by atoms with van der Waals surface area (Å²) in [6, 6.07) is 11.3. The van der Waals surface area contributed by atoms with Crippen molar-refractivity contribution in [1.29, 1.82) is 0 Å². The number of para-hydroxylation sites is 1. The fourth-order valence-corrected chi connectivity index (χ4v) is 2.59. The number of hydrazine groups is 1. The summed E-state index contributed by atoms with van der Waals surface area (Å²) in [4.78, 5) is 12.4. The van der Waals surface area contributed by atoms with Crippen LogP contribution in [0.4, 0.5) is 10.1 Å². The number of carbonyl (C=O) groups is 1. The molecule has 134 valence electrons. The van der Waals surface area contributed by atoms with Crippen molar-refractivity contribution in [2.24, 2.45) is 0 Å². The van der Waals surface area contributed by atoms with E-state index in [1.54, 1.807) is 44.4 Å². The highest BCUT2D eigenvalue weighted by Crippen LogP contribution is 2.28. The largest absolute Gasteiger partial charge is 0.497 e. The van der Waals surface area contributed by atoms with Crippen LogP contribution in [0.3, 0.4) is 0 Å². The minimum atomic E-state index is -0.504. The molecule has 2 aromatic carbocycles. The Hall–Kier alpha value is -3.13. The standard InChI is InChI=1S/C18H16FN3O3S/c1-10-12-9-11(24-2)7-8-15(12)25-16(10)17(23)21-22-18(26)20-14-6-4-3-5-13(14)19/h3-9H,1-2H3,(H,21,23)(H2,20,22,26). The van der Waals surface area contributed by atoms with E-state index in [1.807, 2.05) is 0 Å². The number of nitrogens with one attached hydrogen (secondary N) is 3. The molecule has 3 N–H and O–H groups in total. The number of hydrogen-bond acceptors (Lipinski definition) is 4. The average Bonchev–Trinajstić information content (AvgIpc) is 2.98. The number of methoxy groups -OCH3 is 1. The van der Waals surface area contributed by atoms with E-state index in [2.05, 4.69) is 16.2 Å². The second-order valence-electron chi connectivity index (χ2n) is 5.43. The van der Waals surface area contributed by atoms with Gasteiger partial charge < -0.3 is 14.5 Å². The number of rotatable bonds is 3. The molecule has 1 aromatic heterocycles. The van der Waals surface area contributed by atoms with E-state index in [0.717, 1.165) is 5.39 Å². The number of furan rings is 1. The number of benzene rings is 2. The number of aryl methyl sites for hydroxylation is 1. The first-order valence-electron chi connectivity index (χ1n) is 7.68. The van der Waals surface area contributed by atoms with Crippen molar-refractivity contribution in [2.75, 3.05) is 12.4 Å². The first-order valence-corrected chi connectivity index (χ1v) is 8.09. The molecule has 0 aliphatic heterocycles. The molecule has 26 heavy (non-hydrogen) atoms. The van der Waals surface area contributed by atoms with Gasteiger partial charge in [0.1, 0.15) is 17.1 Å². The molecule has 0 saturated carbocycles. The lowest BCUT2D eigenvalue weighted by atomic mass is 10.1. The molecule has 0 fully saturated rings. The zero-order valence-electron chi connectivity index (χ0n) is 14.1. The average molecular weight is 373 g/mol. The van der Waals surface area contributed by atoms with Crippen LogP contribution in [0.5, 0.6) is 5.75 Å².